The van der Waals surface area contributed by atoms with Crippen LogP contribution in [0.3, 0.4) is 0 Å². The maximum Gasteiger partial charge on any atom is 0.131 e. The minimum absolute atomic E-state index is 0.244. The van der Waals surface area contributed by atoms with Crippen molar-refractivity contribution in [1.82, 2.24) is 9.97 Å². The van der Waals surface area contributed by atoms with E-state index in [0.29, 0.717) is 29.7 Å². The molecule has 0 atom stereocenters. The average molecular weight is 343 g/mol. The number of hydrogen-bond acceptors (Lipinski definition) is 4. The zero-order valence-electron chi connectivity index (χ0n) is 12.8. The summed E-state index contributed by atoms with van der Waals surface area (Å²) in [6.07, 6.45) is 1.49. The van der Waals surface area contributed by atoms with E-state index in [4.69, 9.17) is 11.6 Å². The molecule has 24 heavy (non-hydrogen) atoms. The Morgan fingerprint density at radius 2 is 1.54 bits per heavy atom. The molecule has 3 rings (SSSR count). The maximum atomic E-state index is 12.9. The van der Waals surface area contributed by atoms with Gasteiger partial charge in [0.15, 0.2) is 0 Å². The number of benzene rings is 2. The Bertz CT molecular complexity index is 808. The SMILES string of the molecule is Fc1ccc(CNc2cc(NCc3ccccc3Cl)ncn2)cc1. The van der Waals surface area contributed by atoms with Crippen LogP contribution >= 0.6 is 11.6 Å². The van der Waals surface area contributed by atoms with Gasteiger partial charge in [-0.3, -0.25) is 0 Å². The van der Waals surface area contributed by atoms with Gasteiger partial charge in [0.1, 0.15) is 23.8 Å². The van der Waals surface area contributed by atoms with Crippen molar-refractivity contribution in [3.63, 3.8) is 0 Å². The van der Waals surface area contributed by atoms with Crippen LogP contribution in [0, 0.1) is 5.82 Å². The third-order valence-electron chi connectivity index (χ3n) is 3.47. The molecule has 2 aromatic carbocycles. The molecule has 0 aliphatic rings. The van der Waals surface area contributed by atoms with Gasteiger partial charge in [0.05, 0.1) is 0 Å². The van der Waals surface area contributed by atoms with Crippen molar-refractivity contribution in [3.05, 3.63) is 82.9 Å². The van der Waals surface area contributed by atoms with Gasteiger partial charge in [-0.1, -0.05) is 41.9 Å². The van der Waals surface area contributed by atoms with Gasteiger partial charge in [0.2, 0.25) is 0 Å². The number of rotatable bonds is 6. The van der Waals surface area contributed by atoms with Crippen LogP contribution in [0.15, 0.2) is 60.9 Å². The third kappa shape index (κ3) is 4.43. The molecule has 6 heteroatoms. The Morgan fingerprint density at radius 3 is 2.25 bits per heavy atom. The molecular formula is C18H16ClFN4. The summed E-state index contributed by atoms with van der Waals surface area (Å²) in [6, 6.07) is 15.8. The zero-order valence-corrected chi connectivity index (χ0v) is 13.6. The molecule has 0 saturated heterocycles. The molecule has 0 radical (unpaired) electrons. The smallest absolute Gasteiger partial charge is 0.131 e. The topological polar surface area (TPSA) is 49.8 Å². The van der Waals surface area contributed by atoms with Gasteiger partial charge in [-0.2, -0.15) is 0 Å². The van der Waals surface area contributed by atoms with Gasteiger partial charge in [0, 0.05) is 24.2 Å². The van der Waals surface area contributed by atoms with Crippen LogP contribution in [0.5, 0.6) is 0 Å². The first-order chi connectivity index (χ1) is 11.7. The Labute approximate surface area is 144 Å². The molecule has 0 bridgehead atoms. The molecule has 0 aliphatic carbocycles. The van der Waals surface area contributed by atoms with Crippen LogP contribution in [0.25, 0.3) is 0 Å². The molecule has 1 aromatic heterocycles. The summed E-state index contributed by atoms with van der Waals surface area (Å²) in [5, 5.41) is 7.13. The monoisotopic (exact) mass is 342 g/mol. The predicted molar refractivity (Wildman–Crippen MR) is 94.5 cm³/mol. The van der Waals surface area contributed by atoms with E-state index in [1.54, 1.807) is 12.1 Å². The number of nitrogens with one attached hydrogen (secondary N) is 2. The molecule has 4 nitrogen and oxygen atoms in total. The lowest BCUT2D eigenvalue weighted by Crippen LogP contribution is -2.05. The highest BCUT2D eigenvalue weighted by Gasteiger charge is 2.02. The second-order valence-corrected chi connectivity index (χ2v) is 5.62. The highest BCUT2D eigenvalue weighted by Crippen LogP contribution is 2.17. The molecule has 1 heterocycles. The minimum Gasteiger partial charge on any atom is -0.366 e. The Balaban J connectivity index is 1.59. The van der Waals surface area contributed by atoms with Crippen LogP contribution in [-0.2, 0) is 13.1 Å². The number of aromatic nitrogens is 2. The highest BCUT2D eigenvalue weighted by atomic mass is 35.5. The van der Waals surface area contributed by atoms with Crippen molar-refractivity contribution >= 4 is 23.2 Å². The predicted octanol–water partition coefficient (Wildman–Crippen LogP) is 4.49. The lowest BCUT2D eigenvalue weighted by Gasteiger charge is -2.09. The van der Waals surface area contributed by atoms with Crippen molar-refractivity contribution in [2.75, 3.05) is 10.6 Å². The van der Waals surface area contributed by atoms with E-state index >= 15 is 0 Å². The molecule has 0 spiro atoms. The summed E-state index contributed by atoms with van der Waals surface area (Å²) in [5.74, 6) is 1.15. The summed E-state index contributed by atoms with van der Waals surface area (Å²) in [5.41, 5.74) is 1.97. The lowest BCUT2D eigenvalue weighted by molar-refractivity contribution is 0.627. The fourth-order valence-corrected chi connectivity index (χ4v) is 2.38. The van der Waals surface area contributed by atoms with E-state index in [2.05, 4.69) is 20.6 Å². The van der Waals surface area contributed by atoms with Crippen LogP contribution in [-0.4, -0.2) is 9.97 Å². The quantitative estimate of drug-likeness (QED) is 0.692. The van der Waals surface area contributed by atoms with E-state index in [-0.39, 0.29) is 5.82 Å². The Kier molecular flexibility index (Phi) is 5.23. The second-order valence-electron chi connectivity index (χ2n) is 5.21. The third-order valence-corrected chi connectivity index (χ3v) is 3.84. The van der Waals surface area contributed by atoms with Gasteiger partial charge < -0.3 is 10.6 Å². The average Bonchev–Trinajstić information content (AvgIpc) is 2.61. The van der Waals surface area contributed by atoms with E-state index < -0.39 is 0 Å². The minimum atomic E-state index is -0.244. The van der Waals surface area contributed by atoms with Crippen LogP contribution in [0.1, 0.15) is 11.1 Å². The number of nitrogens with zero attached hydrogens (tertiary/aromatic N) is 2. The molecule has 2 N–H and O–H groups in total. The van der Waals surface area contributed by atoms with Gasteiger partial charge in [0.25, 0.3) is 0 Å². The molecule has 122 valence electrons. The van der Waals surface area contributed by atoms with Crippen LogP contribution < -0.4 is 10.6 Å². The molecule has 0 aliphatic heterocycles. The summed E-state index contributed by atoms with van der Waals surface area (Å²) >= 11 is 6.14. The maximum absolute atomic E-state index is 12.9. The van der Waals surface area contributed by atoms with E-state index in [0.717, 1.165) is 11.1 Å². The first-order valence-corrected chi connectivity index (χ1v) is 7.86. The molecule has 3 aromatic rings. The van der Waals surface area contributed by atoms with Gasteiger partial charge in [-0.15, -0.1) is 0 Å². The van der Waals surface area contributed by atoms with Crippen molar-refractivity contribution in [2.24, 2.45) is 0 Å². The number of hydrogen-bond donors (Lipinski definition) is 2. The second kappa shape index (κ2) is 7.75. The fourth-order valence-electron chi connectivity index (χ4n) is 2.17. The fraction of sp³-hybridized carbons (Fsp3) is 0.111. The number of anilines is 2. The standard InChI is InChI=1S/C18H16ClFN4/c19-16-4-2-1-3-14(16)11-22-18-9-17(23-12-24-18)21-10-13-5-7-15(20)8-6-13/h1-9,12H,10-11H2,(H2,21,22,23,24). The normalized spacial score (nSPS) is 10.4. The zero-order chi connectivity index (χ0) is 16.8. The van der Waals surface area contributed by atoms with Crippen molar-refractivity contribution in [3.8, 4) is 0 Å². The largest absolute Gasteiger partial charge is 0.366 e. The summed E-state index contributed by atoms with van der Waals surface area (Å²) in [6.45, 7) is 1.13. The molecular weight excluding hydrogens is 327 g/mol. The molecule has 0 fully saturated rings. The van der Waals surface area contributed by atoms with Gasteiger partial charge in [-0.05, 0) is 29.3 Å². The summed E-state index contributed by atoms with van der Waals surface area (Å²) < 4.78 is 12.9. The number of halogens is 2. The lowest BCUT2D eigenvalue weighted by atomic mass is 10.2. The summed E-state index contributed by atoms with van der Waals surface area (Å²) in [7, 11) is 0. The Hall–Kier alpha value is -2.66. The van der Waals surface area contributed by atoms with Crippen molar-refractivity contribution in [1.29, 1.82) is 0 Å². The van der Waals surface area contributed by atoms with Gasteiger partial charge in [-0.25, -0.2) is 14.4 Å². The van der Waals surface area contributed by atoms with Crippen LogP contribution in [0.2, 0.25) is 5.02 Å². The van der Waals surface area contributed by atoms with E-state index in [1.165, 1.54) is 18.5 Å². The first-order valence-electron chi connectivity index (χ1n) is 7.48. The van der Waals surface area contributed by atoms with Crippen molar-refractivity contribution < 1.29 is 4.39 Å². The molecule has 0 unspecified atom stereocenters. The summed E-state index contributed by atoms with van der Waals surface area (Å²) in [4.78, 5) is 8.38. The van der Waals surface area contributed by atoms with Crippen molar-refractivity contribution in [2.45, 2.75) is 13.1 Å². The first kappa shape index (κ1) is 16.2. The highest BCUT2D eigenvalue weighted by molar-refractivity contribution is 6.31. The van der Waals surface area contributed by atoms with E-state index in [1.807, 2.05) is 30.3 Å². The van der Waals surface area contributed by atoms with Gasteiger partial charge >= 0.3 is 0 Å². The van der Waals surface area contributed by atoms with Crippen LogP contribution in [0.4, 0.5) is 16.0 Å². The molecule has 0 saturated carbocycles. The molecule has 0 amide bonds. The Morgan fingerprint density at radius 1 is 0.875 bits per heavy atom. The van der Waals surface area contributed by atoms with E-state index in [9.17, 15) is 4.39 Å².